The molecule has 0 aliphatic carbocycles. The van der Waals surface area contributed by atoms with Gasteiger partial charge in [0.25, 0.3) is 5.56 Å². The largest absolute Gasteiger partial charge is 0.318 e. The van der Waals surface area contributed by atoms with Gasteiger partial charge in [-0.05, 0) is 37.3 Å². The van der Waals surface area contributed by atoms with Crippen LogP contribution >= 0.6 is 0 Å². The molecule has 2 aromatic rings. The molecule has 0 amide bonds. The van der Waals surface area contributed by atoms with Crippen molar-refractivity contribution in [1.82, 2.24) is 14.5 Å². The quantitative estimate of drug-likeness (QED) is 0.847. The summed E-state index contributed by atoms with van der Waals surface area (Å²) in [6, 6.07) is 1.99. The summed E-state index contributed by atoms with van der Waals surface area (Å²) in [4.78, 5) is 21.2. The predicted octanol–water partition coefficient (Wildman–Crippen LogP) is 3.62. The van der Waals surface area contributed by atoms with Crippen molar-refractivity contribution in [2.75, 3.05) is 0 Å². The van der Waals surface area contributed by atoms with E-state index in [1.807, 2.05) is 39.2 Å². The molecule has 0 N–H and O–H groups in total. The van der Waals surface area contributed by atoms with Gasteiger partial charge in [0.1, 0.15) is 5.82 Å². The van der Waals surface area contributed by atoms with Crippen LogP contribution in [0.15, 0.2) is 23.3 Å². The molecule has 2 heterocycles. The first-order valence-corrected chi connectivity index (χ1v) is 7.97. The summed E-state index contributed by atoms with van der Waals surface area (Å²) < 4.78 is 1.66. The molecular weight excluding hydrogens is 274 g/mol. The molecule has 0 aromatic carbocycles. The van der Waals surface area contributed by atoms with E-state index in [0.717, 1.165) is 47.5 Å². The topological polar surface area (TPSA) is 47.8 Å². The van der Waals surface area contributed by atoms with E-state index in [4.69, 9.17) is 0 Å². The van der Waals surface area contributed by atoms with E-state index in [0.29, 0.717) is 0 Å². The van der Waals surface area contributed by atoms with Crippen molar-refractivity contribution in [3.8, 4) is 11.3 Å². The minimum absolute atomic E-state index is 0.0691. The number of unbranched alkanes of at least 4 members (excludes halogenated alkanes) is 1. The molecule has 2 aromatic heterocycles. The maximum Gasteiger partial charge on any atom is 0.253 e. The zero-order valence-electron chi connectivity index (χ0n) is 14.2. The first-order valence-electron chi connectivity index (χ1n) is 7.97. The molecule has 0 bridgehead atoms. The standard InChI is InChI=1S/C18H25N3O/c1-6-7-8-14-10-19-13(4)20-17(14)15-9-16(12(2)3)18(22)21(5)11-15/h9-12H,6-8H2,1-5H3. The number of nitrogens with zero attached hydrogens (tertiary/aromatic N) is 3. The lowest BCUT2D eigenvalue weighted by Crippen LogP contribution is -2.21. The van der Waals surface area contributed by atoms with Crippen molar-refractivity contribution in [2.24, 2.45) is 7.05 Å². The van der Waals surface area contributed by atoms with E-state index in [2.05, 4.69) is 16.9 Å². The van der Waals surface area contributed by atoms with Crippen LogP contribution in [0.3, 0.4) is 0 Å². The molecule has 0 spiro atoms. The molecule has 0 radical (unpaired) electrons. The third-order valence-corrected chi connectivity index (χ3v) is 3.89. The van der Waals surface area contributed by atoms with Gasteiger partial charge in [-0.3, -0.25) is 4.79 Å². The van der Waals surface area contributed by atoms with Gasteiger partial charge in [0.15, 0.2) is 0 Å². The van der Waals surface area contributed by atoms with Gasteiger partial charge in [0, 0.05) is 30.6 Å². The lowest BCUT2D eigenvalue weighted by Gasteiger charge is -2.13. The minimum atomic E-state index is 0.0691. The SMILES string of the molecule is CCCCc1cnc(C)nc1-c1cc(C(C)C)c(=O)n(C)c1. The van der Waals surface area contributed by atoms with Gasteiger partial charge in [-0.1, -0.05) is 27.2 Å². The van der Waals surface area contributed by atoms with Crippen molar-refractivity contribution in [3.05, 3.63) is 45.8 Å². The monoisotopic (exact) mass is 299 g/mol. The predicted molar refractivity (Wildman–Crippen MR) is 90.1 cm³/mol. The Hall–Kier alpha value is -1.97. The number of hydrogen-bond acceptors (Lipinski definition) is 3. The van der Waals surface area contributed by atoms with Gasteiger partial charge < -0.3 is 4.57 Å². The lowest BCUT2D eigenvalue weighted by molar-refractivity contribution is 0.775. The van der Waals surface area contributed by atoms with Crippen LogP contribution in [0, 0.1) is 6.92 Å². The molecule has 0 unspecified atom stereocenters. The van der Waals surface area contributed by atoms with E-state index in [1.54, 1.807) is 11.6 Å². The van der Waals surface area contributed by atoms with Gasteiger partial charge >= 0.3 is 0 Å². The van der Waals surface area contributed by atoms with Crippen molar-refractivity contribution < 1.29 is 0 Å². The van der Waals surface area contributed by atoms with Gasteiger partial charge in [-0.25, -0.2) is 9.97 Å². The number of pyridine rings is 1. The molecule has 0 fully saturated rings. The molecule has 0 saturated carbocycles. The third-order valence-electron chi connectivity index (χ3n) is 3.89. The first-order chi connectivity index (χ1) is 10.4. The molecule has 4 nitrogen and oxygen atoms in total. The van der Waals surface area contributed by atoms with E-state index in [-0.39, 0.29) is 11.5 Å². The zero-order valence-corrected chi connectivity index (χ0v) is 14.2. The highest BCUT2D eigenvalue weighted by Crippen LogP contribution is 2.24. The van der Waals surface area contributed by atoms with Crippen LogP contribution in [-0.4, -0.2) is 14.5 Å². The number of aryl methyl sites for hydroxylation is 3. The summed E-state index contributed by atoms with van der Waals surface area (Å²) in [6.07, 6.45) is 7.02. The maximum absolute atomic E-state index is 12.2. The Morgan fingerprint density at radius 3 is 2.68 bits per heavy atom. The second-order valence-corrected chi connectivity index (χ2v) is 6.15. The van der Waals surface area contributed by atoms with Crippen LogP contribution in [0.4, 0.5) is 0 Å². The van der Waals surface area contributed by atoms with Gasteiger partial charge in [-0.15, -0.1) is 0 Å². The summed E-state index contributed by atoms with van der Waals surface area (Å²) in [7, 11) is 1.80. The fraction of sp³-hybridized carbons (Fsp3) is 0.500. The summed E-state index contributed by atoms with van der Waals surface area (Å²) in [5.74, 6) is 0.955. The molecule has 0 atom stereocenters. The van der Waals surface area contributed by atoms with Crippen molar-refractivity contribution in [3.63, 3.8) is 0 Å². The summed E-state index contributed by atoms with van der Waals surface area (Å²) in [5.41, 5.74) is 4.01. The highest BCUT2D eigenvalue weighted by molar-refractivity contribution is 5.62. The molecular formula is C18H25N3O. The molecule has 22 heavy (non-hydrogen) atoms. The number of hydrogen-bond donors (Lipinski definition) is 0. The summed E-state index contributed by atoms with van der Waals surface area (Å²) in [5, 5.41) is 0. The van der Waals surface area contributed by atoms with E-state index in [1.165, 1.54) is 0 Å². The Morgan fingerprint density at radius 2 is 2.05 bits per heavy atom. The molecule has 0 aliphatic heterocycles. The molecule has 118 valence electrons. The van der Waals surface area contributed by atoms with Crippen molar-refractivity contribution >= 4 is 0 Å². The van der Waals surface area contributed by atoms with Crippen LogP contribution in [0.25, 0.3) is 11.3 Å². The minimum Gasteiger partial charge on any atom is -0.318 e. The van der Waals surface area contributed by atoms with E-state index >= 15 is 0 Å². The second-order valence-electron chi connectivity index (χ2n) is 6.15. The average Bonchev–Trinajstić information content (AvgIpc) is 2.48. The molecule has 4 heteroatoms. The zero-order chi connectivity index (χ0) is 16.3. The maximum atomic E-state index is 12.2. The Morgan fingerprint density at radius 1 is 1.32 bits per heavy atom. The van der Waals surface area contributed by atoms with Gasteiger partial charge in [0.05, 0.1) is 5.69 Å². The number of rotatable bonds is 5. The van der Waals surface area contributed by atoms with Gasteiger partial charge in [0.2, 0.25) is 0 Å². The third kappa shape index (κ3) is 3.43. The van der Waals surface area contributed by atoms with Crippen LogP contribution in [0.1, 0.15) is 56.5 Å². The van der Waals surface area contributed by atoms with Crippen LogP contribution < -0.4 is 5.56 Å². The van der Waals surface area contributed by atoms with Gasteiger partial charge in [-0.2, -0.15) is 0 Å². The Balaban J connectivity index is 2.60. The second kappa shape index (κ2) is 6.86. The van der Waals surface area contributed by atoms with Crippen LogP contribution in [0.5, 0.6) is 0 Å². The first kappa shape index (κ1) is 16.4. The Labute approximate surface area is 132 Å². The average molecular weight is 299 g/mol. The molecule has 0 saturated heterocycles. The highest BCUT2D eigenvalue weighted by Gasteiger charge is 2.13. The fourth-order valence-electron chi connectivity index (χ4n) is 2.58. The highest BCUT2D eigenvalue weighted by atomic mass is 16.1. The molecule has 2 rings (SSSR count). The Bertz CT molecular complexity index is 717. The van der Waals surface area contributed by atoms with E-state index < -0.39 is 0 Å². The Kier molecular flexibility index (Phi) is 5.11. The van der Waals surface area contributed by atoms with E-state index in [9.17, 15) is 4.79 Å². The molecule has 0 aliphatic rings. The van der Waals surface area contributed by atoms with Crippen molar-refractivity contribution in [1.29, 1.82) is 0 Å². The number of aromatic nitrogens is 3. The summed E-state index contributed by atoms with van der Waals surface area (Å²) >= 11 is 0. The van der Waals surface area contributed by atoms with Crippen LogP contribution in [-0.2, 0) is 13.5 Å². The van der Waals surface area contributed by atoms with Crippen LogP contribution in [0.2, 0.25) is 0 Å². The van der Waals surface area contributed by atoms with Crippen molar-refractivity contribution in [2.45, 2.75) is 52.9 Å². The normalized spacial score (nSPS) is 11.2. The lowest BCUT2D eigenvalue weighted by atomic mass is 9.99. The summed E-state index contributed by atoms with van der Waals surface area (Å²) in [6.45, 7) is 8.17. The smallest absolute Gasteiger partial charge is 0.253 e. The fourth-order valence-corrected chi connectivity index (χ4v) is 2.58.